The molecule has 4 atom stereocenters. The highest BCUT2D eigenvalue weighted by Gasteiger charge is 2.56. The number of aromatic nitrogens is 2. The molecule has 4 N–H and O–H groups in total. The number of carbonyl (C=O) groups is 2. The highest BCUT2D eigenvalue weighted by molar-refractivity contribution is 5.91. The summed E-state index contributed by atoms with van der Waals surface area (Å²) in [6.07, 6.45) is 15.8. The van der Waals surface area contributed by atoms with Crippen LogP contribution in [0.25, 0.3) is 0 Å². The topological polar surface area (TPSA) is 155 Å². The number of piperidine rings is 2. The van der Waals surface area contributed by atoms with E-state index in [1.165, 1.54) is 12.8 Å². The Bertz CT molecular complexity index is 1450. The zero-order valence-electron chi connectivity index (χ0n) is 32.2. The summed E-state index contributed by atoms with van der Waals surface area (Å²) in [5.41, 5.74) is 13.0. The molecule has 2 aliphatic heterocycles. The van der Waals surface area contributed by atoms with Crippen LogP contribution in [0.5, 0.6) is 0 Å². The summed E-state index contributed by atoms with van der Waals surface area (Å²) in [6.45, 7) is 4.17. The first-order valence-corrected chi connectivity index (χ1v) is 19.3. The van der Waals surface area contributed by atoms with E-state index in [1.54, 1.807) is 12.4 Å². The van der Waals surface area contributed by atoms with E-state index in [9.17, 15) is 9.59 Å². The molecular formula is C40H60Cl2N6O6. The maximum absolute atomic E-state index is 11.6. The minimum absolute atomic E-state index is 0. The van der Waals surface area contributed by atoms with Crippen molar-refractivity contribution in [2.45, 2.75) is 99.7 Å². The van der Waals surface area contributed by atoms with Crippen LogP contribution in [-0.4, -0.2) is 110 Å². The fraction of sp³-hybridized carbons (Fsp3) is 0.700. The number of halogens is 2. The Balaban J connectivity index is 0.000000200. The fourth-order valence-corrected chi connectivity index (χ4v) is 11.0. The predicted octanol–water partition coefficient (Wildman–Crippen LogP) is 4.71. The number of hydrogen-bond acceptors (Lipinski definition) is 10. The number of methoxy groups -OCH3 is 4. The molecule has 2 saturated heterocycles. The minimum Gasteiger partial charge on any atom is -0.381 e. The van der Waals surface area contributed by atoms with Crippen molar-refractivity contribution >= 4 is 36.6 Å². The first-order chi connectivity index (χ1) is 25.2. The number of likely N-dealkylation sites (tertiary alicyclic amines) is 2. The molecule has 300 valence electrons. The normalized spacial score (nSPS) is 35.8. The van der Waals surface area contributed by atoms with E-state index < -0.39 is 11.8 Å². The summed E-state index contributed by atoms with van der Waals surface area (Å²) in [7, 11) is 7.24. The van der Waals surface area contributed by atoms with Crippen molar-refractivity contribution in [3.8, 4) is 0 Å². The van der Waals surface area contributed by atoms with Gasteiger partial charge >= 0.3 is 0 Å². The zero-order valence-corrected chi connectivity index (χ0v) is 33.8. The van der Waals surface area contributed by atoms with Gasteiger partial charge in [0.15, 0.2) is 0 Å². The van der Waals surface area contributed by atoms with Gasteiger partial charge in [-0.1, -0.05) is 12.8 Å². The summed E-state index contributed by atoms with van der Waals surface area (Å²) >= 11 is 0. The van der Waals surface area contributed by atoms with Gasteiger partial charge in [0, 0.05) is 103 Å². The molecule has 4 unspecified atom stereocenters. The number of primary amides is 2. The molecule has 6 aliphatic rings. The van der Waals surface area contributed by atoms with Crippen molar-refractivity contribution in [1.29, 1.82) is 0 Å². The molecule has 8 rings (SSSR count). The second-order valence-corrected chi connectivity index (χ2v) is 16.1. The lowest BCUT2D eigenvalue weighted by Gasteiger charge is -2.58. The van der Waals surface area contributed by atoms with E-state index in [1.807, 2.05) is 52.7 Å². The fourth-order valence-electron chi connectivity index (χ4n) is 11.0. The molecule has 6 fully saturated rings. The van der Waals surface area contributed by atoms with Gasteiger partial charge in [0.05, 0.1) is 12.2 Å². The van der Waals surface area contributed by atoms with Gasteiger partial charge in [-0.2, -0.15) is 0 Å². The Morgan fingerprint density at radius 1 is 0.630 bits per heavy atom. The van der Waals surface area contributed by atoms with Gasteiger partial charge in [0.1, 0.15) is 22.6 Å². The van der Waals surface area contributed by atoms with Crippen LogP contribution in [0.1, 0.15) is 96.3 Å². The molecule has 12 nitrogen and oxygen atoms in total. The van der Waals surface area contributed by atoms with Crippen molar-refractivity contribution in [2.24, 2.45) is 35.1 Å². The monoisotopic (exact) mass is 790 g/mol. The van der Waals surface area contributed by atoms with Gasteiger partial charge in [-0.05, 0) is 86.8 Å². The van der Waals surface area contributed by atoms with Crippen LogP contribution < -0.4 is 11.5 Å². The highest BCUT2D eigenvalue weighted by atomic mass is 35.5. The summed E-state index contributed by atoms with van der Waals surface area (Å²) in [4.78, 5) is 36.8. The molecule has 14 heteroatoms. The number of ether oxygens (including phenoxy) is 4. The van der Waals surface area contributed by atoms with E-state index >= 15 is 0 Å². The highest BCUT2D eigenvalue weighted by Crippen LogP contribution is 2.54. The molecule has 2 aromatic heterocycles. The van der Waals surface area contributed by atoms with E-state index in [0.29, 0.717) is 59.4 Å². The number of carbonyl (C=O) groups excluding carboxylic acids is 2. The number of nitrogens with two attached hydrogens (primary N) is 2. The molecule has 2 amide bonds. The summed E-state index contributed by atoms with van der Waals surface area (Å²) in [5, 5.41) is 0. The molecule has 4 bridgehead atoms. The maximum Gasteiger partial charge on any atom is 0.267 e. The predicted molar refractivity (Wildman–Crippen MR) is 210 cm³/mol. The molecular weight excluding hydrogens is 731 g/mol. The largest absolute Gasteiger partial charge is 0.381 e. The summed E-state index contributed by atoms with van der Waals surface area (Å²) in [6, 6.07) is 8.96. The first kappa shape index (κ1) is 42.7. The van der Waals surface area contributed by atoms with Crippen LogP contribution in [0.15, 0.2) is 36.7 Å². The van der Waals surface area contributed by atoms with Crippen molar-refractivity contribution < 1.29 is 28.5 Å². The Morgan fingerprint density at radius 3 is 1.24 bits per heavy atom. The SMILES string of the molecule is COC1CC(N2CC3CCCC(C2)C3(OC)c2ccnc(C(N)=O)c2)C1.COC1CC(N2CC3CCCC(C2)C3(OC)c2ccnc(C(N)=O)c2)C1.Cl.Cl. The second-order valence-electron chi connectivity index (χ2n) is 16.1. The molecule has 4 saturated carbocycles. The number of hydrogen-bond donors (Lipinski definition) is 2. The molecule has 4 aliphatic carbocycles. The smallest absolute Gasteiger partial charge is 0.267 e. The number of fused-ring (bicyclic) bond motifs is 4. The molecule has 4 heterocycles. The molecule has 0 radical (unpaired) electrons. The number of nitrogens with zero attached hydrogens (tertiary/aromatic N) is 4. The lowest BCUT2D eigenvalue weighted by atomic mass is 9.61. The van der Waals surface area contributed by atoms with E-state index in [-0.39, 0.29) is 36.0 Å². The van der Waals surface area contributed by atoms with Crippen molar-refractivity contribution in [2.75, 3.05) is 54.6 Å². The van der Waals surface area contributed by atoms with Gasteiger partial charge in [-0.25, -0.2) is 0 Å². The third kappa shape index (κ3) is 7.66. The van der Waals surface area contributed by atoms with Gasteiger partial charge in [0.2, 0.25) is 0 Å². The average molecular weight is 792 g/mol. The van der Waals surface area contributed by atoms with Crippen molar-refractivity contribution in [1.82, 2.24) is 19.8 Å². The lowest BCUT2D eigenvalue weighted by Crippen LogP contribution is -2.63. The maximum atomic E-state index is 11.6. The molecule has 54 heavy (non-hydrogen) atoms. The Kier molecular flexibility index (Phi) is 14.1. The third-order valence-corrected chi connectivity index (χ3v) is 13.9. The van der Waals surface area contributed by atoms with Gasteiger partial charge in [-0.3, -0.25) is 29.4 Å². The van der Waals surface area contributed by atoms with E-state index in [0.717, 1.165) is 88.7 Å². The van der Waals surface area contributed by atoms with Gasteiger partial charge in [-0.15, -0.1) is 24.8 Å². The Morgan fingerprint density at radius 2 is 0.963 bits per heavy atom. The Labute approximate surface area is 332 Å². The third-order valence-electron chi connectivity index (χ3n) is 13.9. The second kappa shape index (κ2) is 17.8. The van der Waals surface area contributed by atoms with Crippen LogP contribution in [0.3, 0.4) is 0 Å². The molecule has 0 spiro atoms. The van der Waals surface area contributed by atoms with Crippen molar-refractivity contribution in [3.05, 3.63) is 59.2 Å². The number of pyridine rings is 2. The van der Waals surface area contributed by atoms with Crippen LogP contribution in [0.2, 0.25) is 0 Å². The lowest BCUT2D eigenvalue weighted by molar-refractivity contribution is -0.183. The summed E-state index contributed by atoms with van der Waals surface area (Å²) < 4.78 is 23.4. The van der Waals surface area contributed by atoms with Crippen LogP contribution in [-0.2, 0) is 30.1 Å². The van der Waals surface area contributed by atoms with E-state index in [4.69, 9.17) is 30.4 Å². The first-order valence-electron chi connectivity index (χ1n) is 19.3. The number of rotatable bonds is 10. The van der Waals surface area contributed by atoms with Gasteiger partial charge < -0.3 is 30.4 Å². The van der Waals surface area contributed by atoms with Gasteiger partial charge in [0.25, 0.3) is 11.8 Å². The standard InChI is InChI=1S/2C20H29N3O3.2ClH/c2*1-25-17-9-16(10-17)23-11-14-4-3-5-15(12-23)20(14,26-2)13-6-7-22-18(8-13)19(21)24;;/h2*6-8,14-17H,3-5,9-12H2,1-2H3,(H2,21,24);2*1H. The average Bonchev–Trinajstić information content (AvgIpc) is 3.10. The minimum atomic E-state index is -0.485. The molecule has 2 aromatic rings. The van der Waals surface area contributed by atoms with Crippen molar-refractivity contribution in [3.63, 3.8) is 0 Å². The number of amides is 2. The van der Waals surface area contributed by atoms with E-state index in [2.05, 4.69) is 19.8 Å². The molecule has 0 aromatic carbocycles. The van der Waals surface area contributed by atoms with Crippen LogP contribution >= 0.6 is 24.8 Å². The Hall–Kier alpha value is -2.42. The summed E-state index contributed by atoms with van der Waals surface area (Å²) in [5.74, 6) is 0.713. The van der Waals surface area contributed by atoms with Crippen LogP contribution in [0.4, 0.5) is 0 Å². The van der Waals surface area contributed by atoms with Crippen LogP contribution in [0, 0.1) is 23.7 Å². The quantitative estimate of drug-likeness (QED) is 0.346. The zero-order chi connectivity index (χ0) is 36.6.